The fourth-order valence-electron chi connectivity index (χ4n) is 1.62. The van der Waals surface area contributed by atoms with Crippen molar-refractivity contribution in [1.82, 2.24) is 0 Å². The molecule has 1 fully saturated rings. The van der Waals surface area contributed by atoms with Gasteiger partial charge in [0.25, 0.3) is 0 Å². The average Bonchev–Trinajstić information content (AvgIpc) is 3.11. The molecule has 0 heterocycles. The minimum absolute atomic E-state index is 0.345. The molecule has 15 heavy (non-hydrogen) atoms. The fraction of sp³-hybridized carbons (Fsp3) is 0.417. The van der Waals surface area contributed by atoms with Crippen LogP contribution in [0, 0.1) is 5.92 Å². The molecule has 0 aromatic heterocycles. The zero-order valence-electron chi connectivity index (χ0n) is 8.64. The Hall–Kier alpha value is -1.35. The van der Waals surface area contributed by atoms with Crippen LogP contribution in [0.3, 0.4) is 0 Å². The highest BCUT2D eigenvalue weighted by Gasteiger charge is 2.30. The summed E-state index contributed by atoms with van der Waals surface area (Å²) in [6.45, 7) is 0. The number of ether oxygens (including phenoxy) is 1. The molecule has 0 spiro atoms. The lowest BCUT2D eigenvalue weighted by molar-refractivity contribution is 0.0600. The maximum atomic E-state index is 11.2. The summed E-state index contributed by atoms with van der Waals surface area (Å²) < 4.78 is 4.59. The third-order valence-corrected chi connectivity index (χ3v) is 2.74. The summed E-state index contributed by atoms with van der Waals surface area (Å²) in [6, 6.07) is 6.95. The first-order chi connectivity index (χ1) is 7.22. The van der Waals surface area contributed by atoms with Gasteiger partial charge < -0.3 is 9.84 Å². The number of hydrogen-bond donors (Lipinski definition) is 1. The standard InChI is InChI=1S/C12H14O3/c1-15-12(14)10-6-4-9(5-7-10)11(13)8-2-3-8/h4-8,11,13H,2-3H2,1H3/t11-/m1/s1. The van der Waals surface area contributed by atoms with Crippen molar-refractivity contribution in [3.05, 3.63) is 35.4 Å². The van der Waals surface area contributed by atoms with Crippen molar-refractivity contribution >= 4 is 5.97 Å². The number of carbonyl (C=O) groups is 1. The predicted octanol–water partition coefficient (Wildman–Crippen LogP) is 1.92. The molecule has 0 amide bonds. The molecular formula is C12H14O3. The number of aliphatic hydroxyl groups excluding tert-OH is 1. The molecule has 1 atom stereocenters. The summed E-state index contributed by atoms with van der Waals surface area (Å²) >= 11 is 0. The Balaban J connectivity index is 2.12. The lowest BCUT2D eigenvalue weighted by atomic mass is 10.0. The summed E-state index contributed by atoms with van der Waals surface area (Å²) in [6.07, 6.45) is 1.82. The van der Waals surface area contributed by atoms with E-state index in [9.17, 15) is 9.90 Å². The van der Waals surface area contributed by atoms with E-state index in [0.717, 1.165) is 18.4 Å². The van der Waals surface area contributed by atoms with E-state index in [1.54, 1.807) is 24.3 Å². The molecule has 1 N–H and O–H groups in total. The topological polar surface area (TPSA) is 46.5 Å². The van der Waals surface area contributed by atoms with Crippen LogP contribution in [0.15, 0.2) is 24.3 Å². The third kappa shape index (κ3) is 2.18. The van der Waals surface area contributed by atoms with Gasteiger partial charge in [0, 0.05) is 0 Å². The van der Waals surface area contributed by atoms with E-state index in [0.29, 0.717) is 11.5 Å². The minimum atomic E-state index is -0.378. The predicted molar refractivity (Wildman–Crippen MR) is 55.5 cm³/mol. The second-order valence-corrected chi connectivity index (χ2v) is 3.90. The summed E-state index contributed by atoms with van der Waals surface area (Å²) in [4.78, 5) is 11.2. The Kier molecular flexibility index (Phi) is 2.73. The van der Waals surface area contributed by atoms with Crippen LogP contribution in [-0.4, -0.2) is 18.2 Å². The maximum Gasteiger partial charge on any atom is 0.337 e. The molecule has 1 saturated carbocycles. The summed E-state index contributed by atoms with van der Waals surface area (Å²) in [7, 11) is 1.36. The highest BCUT2D eigenvalue weighted by atomic mass is 16.5. The summed E-state index contributed by atoms with van der Waals surface area (Å²) in [5.74, 6) is 0.0661. The Labute approximate surface area is 88.7 Å². The van der Waals surface area contributed by atoms with Crippen molar-refractivity contribution < 1.29 is 14.6 Å². The number of aliphatic hydroxyl groups is 1. The highest BCUT2D eigenvalue weighted by Crippen LogP contribution is 2.40. The van der Waals surface area contributed by atoms with Gasteiger partial charge in [0.2, 0.25) is 0 Å². The monoisotopic (exact) mass is 206 g/mol. The van der Waals surface area contributed by atoms with Crippen LogP contribution in [0.5, 0.6) is 0 Å². The maximum absolute atomic E-state index is 11.2. The molecule has 0 saturated heterocycles. The van der Waals surface area contributed by atoms with Crippen molar-refractivity contribution in [2.24, 2.45) is 5.92 Å². The SMILES string of the molecule is COC(=O)c1ccc([C@H](O)C2CC2)cc1. The van der Waals surface area contributed by atoms with Crippen LogP contribution in [0.25, 0.3) is 0 Å². The van der Waals surface area contributed by atoms with Gasteiger partial charge in [-0.2, -0.15) is 0 Å². The Morgan fingerprint density at radius 3 is 2.47 bits per heavy atom. The van der Waals surface area contributed by atoms with Gasteiger partial charge in [0.1, 0.15) is 0 Å². The molecule has 0 bridgehead atoms. The van der Waals surface area contributed by atoms with E-state index in [1.165, 1.54) is 7.11 Å². The van der Waals surface area contributed by atoms with Crippen molar-refractivity contribution in [1.29, 1.82) is 0 Å². The van der Waals surface area contributed by atoms with E-state index in [1.807, 2.05) is 0 Å². The molecule has 1 aliphatic carbocycles. The largest absolute Gasteiger partial charge is 0.465 e. The summed E-state index contributed by atoms with van der Waals surface area (Å²) in [5, 5.41) is 9.83. The van der Waals surface area contributed by atoms with Crippen LogP contribution < -0.4 is 0 Å². The number of hydrogen-bond acceptors (Lipinski definition) is 3. The quantitative estimate of drug-likeness (QED) is 0.768. The lowest BCUT2D eigenvalue weighted by Crippen LogP contribution is -2.03. The normalized spacial score (nSPS) is 17.2. The molecule has 80 valence electrons. The van der Waals surface area contributed by atoms with E-state index in [2.05, 4.69) is 4.74 Å². The number of carbonyl (C=O) groups excluding carboxylic acids is 1. The lowest BCUT2D eigenvalue weighted by Gasteiger charge is -2.09. The highest BCUT2D eigenvalue weighted by molar-refractivity contribution is 5.89. The first-order valence-corrected chi connectivity index (χ1v) is 5.08. The Morgan fingerprint density at radius 1 is 1.40 bits per heavy atom. The molecule has 1 aromatic carbocycles. The van der Waals surface area contributed by atoms with E-state index < -0.39 is 0 Å². The van der Waals surface area contributed by atoms with E-state index in [4.69, 9.17) is 0 Å². The second kappa shape index (κ2) is 4.03. The van der Waals surface area contributed by atoms with Crippen LogP contribution in [0.2, 0.25) is 0 Å². The van der Waals surface area contributed by atoms with Crippen LogP contribution in [-0.2, 0) is 4.74 Å². The van der Waals surface area contributed by atoms with Gasteiger partial charge in [-0.25, -0.2) is 4.79 Å². The van der Waals surface area contributed by atoms with Gasteiger partial charge >= 0.3 is 5.97 Å². The van der Waals surface area contributed by atoms with Crippen LogP contribution in [0.4, 0.5) is 0 Å². The Morgan fingerprint density at radius 2 is 2.00 bits per heavy atom. The number of methoxy groups -OCH3 is 1. The smallest absolute Gasteiger partial charge is 0.337 e. The Bertz CT molecular complexity index is 352. The minimum Gasteiger partial charge on any atom is -0.465 e. The molecule has 3 heteroatoms. The van der Waals surface area contributed by atoms with Gasteiger partial charge in [-0.05, 0) is 36.5 Å². The van der Waals surface area contributed by atoms with Gasteiger partial charge in [-0.3, -0.25) is 0 Å². The average molecular weight is 206 g/mol. The first-order valence-electron chi connectivity index (χ1n) is 5.08. The molecule has 0 radical (unpaired) electrons. The van der Waals surface area contributed by atoms with Crippen LogP contribution in [0.1, 0.15) is 34.9 Å². The zero-order valence-corrected chi connectivity index (χ0v) is 8.64. The number of esters is 1. The molecule has 0 aliphatic heterocycles. The number of benzene rings is 1. The van der Waals surface area contributed by atoms with Gasteiger partial charge in [0.15, 0.2) is 0 Å². The van der Waals surface area contributed by atoms with Gasteiger partial charge in [0.05, 0.1) is 18.8 Å². The number of rotatable bonds is 3. The third-order valence-electron chi connectivity index (χ3n) is 2.74. The molecule has 2 rings (SSSR count). The fourth-order valence-corrected chi connectivity index (χ4v) is 1.62. The van der Waals surface area contributed by atoms with Crippen molar-refractivity contribution in [2.45, 2.75) is 18.9 Å². The molecule has 3 nitrogen and oxygen atoms in total. The van der Waals surface area contributed by atoms with Crippen molar-refractivity contribution in [3.63, 3.8) is 0 Å². The molecule has 1 aliphatic rings. The zero-order chi connectivity index (χ0) is 10.8. The van der Waals surface area contributed by atoms with Gasteiger partial charge in [-0.15, -0.1) is 0 Å². The van der Waals surface area contributed by atoms with Gasteiger partial charge in [-0.1, -0.05) is 12.1 Å². The van der Waals surface area contributed by atoms with Crippen LogP contribution >= 0.6 is 0 Å². The molecular weight excluding hydrogens is 192 g/mol. The van der Waals surface area contributed by atoms with E-state index in [-0.39, 0.29) is 12.1 Å². The first kappa shape index (κ1) is 10.2. The van der Waals surface area contributed by atoms with Crippen molar-refractivity contribution in [2.75, 3.05) is 7.11 Å². The van der Waals surface area contributed by atoms with Crippen molar-refractivity contribution in [3.8, 4) is 0 Å². The summed E-state index contributed by atoms with van der Waals surface area (Å²) in [5.41, 5.74) is 1.40. The molecule has 0 unspecified atom stereocenters. The second-order valence-electron chi connectivity index (χ2n) is 3.90. The van der Waals surface area contributed by atoms with E-state index >= 15 is 0 Å². The molecule has 1 aromatic rings.